The molecule has 1 aromatic heterocycles. The number of halogens is 2. The van der Waals surface area contributed by atoms with Gasteiger partial charge in [0, 0.05) is 25.2 Å². The van der Waals surface area contributed by atoms with Gasteiger partial charge in [0.15, 0.2) is 4.77 Å². The minimum Gasteiger partial charge on any atom is -0.331 e. The number of nitrogens with one attached hydrogen (secondary N) is 1. The van der Waals surface area contributed by atoms with Crippen molar-refractivity contribution >= 4 is 34.9 Å². The van der Waals surface area contributed by atoms with Crippen LogP contribution in [-0.4, -0.2) is 34.1 Å². The molecule has 1 N–H and O–H groups in total. The highest BCUT2D eigenvalue weighted by atomic mass is 35.5. The molecule has 0 saturated carbocycles. The molecule has 0 aliphatic carbocycles. The summed E-state index contributed by atoms with van der Waals surface area (Å²) in [5.74, 6) is -0.393. The van der Waals surface area contributed by atoms with Gasteiger partial charge in [-0.25, -0.2) is 4.39 Å². The number of imidazole rings is 1. The summed E-state index contributed by atoms with van der Waals surface area (Å²) in [7, 11) is 0. The van der Waals surface area contributed by atoms with E-state index in [0.717, 1.165) is 43.5 Å². The van der Waals surface area contributed by atoms with E-state index in [1.54, 1.807) is 6.07 Å². The third-order valence-corrected chi connectivity index (χ3v) is 4.81. The molecule has 6 heteroatoms. The zero-order valence-corrected chi connectivity index (χ0v) is 13.6. The van der Waals surface area contributed by atoms with Gasteiger partial charge in [-0.1, -0.05) is 18.5 Å². The molecule has 0 spiro atoms. The second kappa shape index (κ2) is 6.07. The number of nitrogens with zero attached hydrogens (tertiary/aromatic N) is 2. The number of benzene rings is 1. The molecule has 3 nitrogen and oxygen atoms in total. The highest BCUT2D eigenvalue weighted by molar-refractivity contribution is 7.71. The predicted octanol–water partition coefficient (Wildman–Crippen LogP) is 4.54. The Bertz CT molecular complexity index is 701. The van der Waals surface area contributed by atoms with E-state index in [2.05, 4.69) is 21.4 Å². The highest BCUT2D eigenvalue weighted by Crippen LogP contribution is 2.29. The molecular weight excluding hydrogens is 309 g/mol. The number of H-pyrrole nitrogens is 1. The lowest BCUT2D eigenvalue weighted by molar-refractivity contribution is 0.188. The van der Waals surface area contributed by atoms with Gasteiger partial charge in [0.05, 0.1) is 16.1 Å². The monoisotopic (exact) mass is 327 g/mol. The summed E-state index contributed by atoms with van der Waals surface area (Å²) >= 11 is 11.3. The van der Waals surface area contributed by atoms with Gasteiger partial charge in [-0.2, -0.15) is 0 Å². The number of hydrogen-bond acceptors (Lipinski definition) is 2. The molecule has 0 amide bonds. The van der Waals surface area contributed by atoms with Crippen LogP contribution in [0.5, 0.6) is 0 Å². The molecule has 114 valence electrons. The minimum absolute atomic E-state index is 0.128. The molecule has 1 aliphatic heterocycles. The summed E-state index contributed by atoms with van der Waals surface area (Å²) in [6, 6.07) is 3.44. The van der Waals surface area contributed by atoms with Crippen LogP contribution in [0.3, 0.4) is 0 Å². The van der Waals surface area contributed by atoms with Crippen molar-refractivity contribution in [3.05, 3.63) is 27.7 Å². The summed E-state index contributed by atoms with van der Waals surface area (Å²) < 4.78 is 16.5. The number of rotatable bonds is 3. The van der Waals surface area contributed by atoms with Gasteiger partial charge in [-0.05, 0) is 44.1 Å². The molecule has 1 aliphatic rings. The number of aromatic nitrogens is 2. The molecule has 1 saturated heterocycles. The van der Waals surface area contributed by atoms with Crippen LogP contribution in [0, 0.1) is 10.6 Å². The van der Waals surface area contributed by atoms with Gasteiger partial charge in [0.1, 0.15) is 5.82 Å². The molecule has 2 heterocycles. The van der Waals surface area contributed by atoms with E-state index in [9.17, 15) is 4.39 Å². The first kappa shape index (κ1) is 15.0. The van der Waals surface area contributed by atoms with Crippen molar-refractivity contribution in [1.82, 2.24) is 14.5 Å². The third-order valence-electron chi connectivity index (χ3n) is 4.22. The lowest BCUT2D eigenvalue weighted by atomic mass is 10.0. The van der Waals surface area contributed by atoms with Crippen molar-refractivity contribution in [3.63, 3.8) is 0 Å². The fraction of sp³-hybridized carbons (Fsp3) is 0.533. The van der Waals surface area contributed by atoms with Crippen LogP contribution in [0.15, 0.2) is 12.1 Å². The first-order chi connectivity index (χ1) is 10.1. The van der Waals surface area contributed by atoms with E-state index in [1.165, 1.54) is 12.5 Å². The van der Waals surface area contributed by atoms with Crippen molar-refractivity contribution in [2.75, 3.05) is 19.6 Å². The third kappa shape index (κ3) is 2.87. The van der Waals surface area contributed by atoms with Gasteiger partial charge in [0.2, 0.25) is 0 Å². The Balaban J connectivity index is 1.92. The molecule has 0 bridgehead atoms. The standard InChI is InChI=1S/C15H19ClFN3S/c1-2-5-19-6-3-10(4-7-19)20-14-9-12(17)11(16)8-13(14)18-15(20)21/h8-10H,2-7H2,1H3,(H,18,21). The molecule has 2 aromatic rings. The van der Waals surface area contributed by atoms with Crippen LogP contribution >= 0.6 is 23.8 Å². The lowest BCUT2D eigenvalue weighted by Gasteiger charge is -2.32. The molecule has 0 unspecified atom stereocenters. The van der Waals surface area contributed by atoms with E-state index < -0.39 is 5.82 Å². The summed E-state index contributed by atoms with van der Waals surface area (Å²) in [5, 5.41) is 0.128. The second-order valence-corrected chi connectivity index (χ2v) is 6.45. The Labute approximate surface area is 133 Å². The normalized spacial score (nSPS) is 17.7. The Hall–Kier alpha value is -0.910. The van der Waals surface area contributed by atoms with Crippen LogP contribution in [0.1, 0.15) is 32.2 Å². The maximum Gasteiger partial charge on any atom is 0.178 e. The van der Waals surface area contributed by atoms with Crippen molar-refractivity contribution in [1.29, 1.82) is 0 Å². The molecule has 0 radical (unpaired) electrons. The molecule has 0 atom stereocenters. The van der Waals surface area contributed by atoms with Gasteiger partial charge in [0.25, 0.3) is 0 Å². The van der Waals surface area contributed by atoms with Gasteiger partial charge < -0.3 is 14.5 Å². The Morgan fingerprint density at radius 3 is 2.76 bits per heavy atom. The lowest BCUT2D eigenvalue weighted by Crippen LogP contribution is -2.35. The number of aromatic amines is 1. The molecular formula is C15H19ClFN3S. The smallest absolute Gasteiger partial charge is 0.178 e. The van der Waals surface area contributed by atoms with Crippen LogP contribution in [0.4, 0.5) is 4.39 Å². The first-order valence-corrected chi connectivity index (χ1v) is 8.20. The van der Waals surface area contributed by atoms with Crippen molar-refractivity contribution < 1.29 is 4.39 Å². The Morgan fingerprint density at radius 2 is 2.10 bits per heavy atom. The van der Waals surface area contributed by atoms with Crippen LogP contribution in [0.2, 0.25) is 5.02 Å². The Morgan fingerprint density at radius 1 is 1.38 bits per heavy atom. The second-order valence-electron chi connectivity index (χ2n) is 5.66. The van der Waals surface area contributed by atoms with Crippen molar-refractivity contribution in [2.45, 2.75) is 32.2 Å². The fourth-order valence-electron chi connectivity index (χ4n) is 3.20. The van der Waals surface area contributed by atoms with Crippen LogP contribution < -0.4 is 0 Å². The average molecular weight is 328 g/mol. The van der Waals surface area contributed by atoms with Crippen molar-refractivity contribution in [3.8, 4) is 0 Å². The largest absolute Gasteiger partial charge is 0.331 e. The summed E-state index contributed by atoms with van der Waals surface area (Å²) in [6.07, 6.45) is 3.28. The zero-order valence-electron chi connectivity index (χ0n) is 12.0. The summed E-state index contributed by atoms with van der Waals surface area (Å²) in [5.41, 5.74) is 1.62. The van der Waals surface area contributed by atoms with E-state index in [-0.39, 0.29) is 5.02 Å². The van der Waals surface area contributed by atoms with E-state index >= 15 is 0 Å². The first-order valence-electron chi connectivity index (χ1n) is 7.41. The quantitative estimate of drug-likeness (QED) is 0.837. The number of fused-ring (bicyclic) bond motifs is 1. The Kier molecular flexibility index (Phi) is 4.33. The number of piperidine rings is 1. The molecule has 1 aromatic carbocycles. The topological polar surface area (TPSA) is 24.0 Å². The number of likely N-dealkylation sites (tertiary alicyclic amines) is 1. The van der Waals surface area contributed by atoms with E-state index in [4.69, 9.17) is 23.8 Å². The molecule has 21 heavy (non-hydrogen) atoms. The van der Waals surface area contributed by atoms with E-state index in [0.29, 0.717) is 10.8 Å². The zero-order chi connectivity index (χ0) is 15.0. The molecule has 1 fully saturated rings. The number of hydrogen-bond donors (Lipinski definition) is 1. The highest BCUT2D eigenvalue weighted by Gasteiger charge is 2.22. The van der Waals surface area contributed by atoms with Crippen molar-refractivity contribution in [2.24, 2.45) is 0 Å². The maximum absolute atomic E-state index is 13.8. The maximum atomic E-state index is 13.8. The average Bonchev–Trinajstić information content (AvgIpc) is 2.76. The summed E-state index contributed by atoms with van der Waals surface area (Å²) in [6.45, 7) is 5.50. The minimum atomic E-state index is -0.393. The fourth-order valence-corrected chi connectivity index (χ4v) is 3.72. The van der Waals surface area contributed by atoms with Gasteiger partial charge in [-0.15, -0.1) is 0 Å². The van der Waals surface area contributed by atoms with Crippen LogP contribution in [-0.2, 0) is 0 Å². The van der Waals surface area contributed by atoms with Gasteiger partial charge in [-0.3, -0.25) is 0 Å². The molecule has 3 rings (SSSR count). The SMILES string of the molecule is CCCN1CCC(n2c(=S)[nH]c3cc(Cl)c(F)cc32)CC1. The predicted molar refractivity (Wildman–Crippen MR) is 87.1 cm³/mol. The summed E-state index contributed by atoms with van der Waals surface area (Å²) in [4.78, 5) is 5.62. The van der Waals surface area contributed by atoms with Gasteiger partial charge >= 0.3 is 0 Å². The van der Waals surface area contributed by atoms with Crippen LogP contribution in [0.25, 0.3) is 11.0 Å². The van der Waals surface area contributed by atoms with E-state index in [1.807, 2.05) is 0 Å².